The second-order valence-electron chi connectivity index (χ2n) is 8.25. The largest absolute Gasteiger partial charge is 0.492 e. The highest BCUT2D eigenvalue weighted by Crippen LogP contribution is 2.52. The summed E-state index contributed by atoms with van der Waals surface area (Å²) in [7, 11) is 1.63. The van der Waals surface area contributed by atoms with Crippen molar-refractivity contribution in [1.82, 2.24) is 4.98 Å². The Bertz CT molecular complexity index is 1300. The number of hydrogen-bond acceptors (Lipinski definition) is 5. The minimum absolute atomic E-state index is 0.192. The van der Waals surface area contributed by atoms with Crippen molar-refractivity contribution in [2.24, 2.45) is 0 Å². The molecule has 0 fully saturated rings. The molecule has 0 saturated heterocycles. The summed E-state index contributed by atoms with van der Waals surface area (Å²) in [6.45, 7) is 2.36. The summed E-state index contributed by atoms with van der Waals surface area (Å²) in [5.74, 6) is 1.58. The summed E-state index contributed by atoms with van der Waals surface area (Å²) < 4.78 is 12.3. The lowest BCUT2D eigenvalue weighted by Crippen LogP contribution is -2.35. The Morgan fingerprint density at radius 1 is 1.06 bits per heavy atom. The minimum Gasteiger partial charge on any atom is -0.492 e. The first-order valence-electron chi connectivity index (χ1n) is 10.5. The van der Waals surface area contributed by atoms with Gasteiger partial charge in [-0.3, -0.25) is 0 Å². The Hall–Kier alpha value is -3.02. The molecule has 0 radical (unpaired) electrons. The number of nitrogens with zero attached hydrogens (tertiary/aromatic N) is 2. The molecule has 2 aromatic heterocycles. The van der Waals surface area contributed by atoms with Crippen LogP contribution in [0.3, 0.4) is 0 Å². The number of pyridine rings is 1. The molecule has 0 amide bonds. The molecule has 4 aromatic rings. The zero-order valence-corrected chi connectivity index (χ0v) is 19.1. The van der Waals surface area contributed by atoms with E-state index < -0.39 is 0 Å². The maximum absolute atomic E-state index is 6.24. The number of hydrogen-bond donors (Lipinski definition) is 0. The Balaban J connectivity index is 1.42. The van der Waals surface area contributed by atoms with Gasteiger partial charge in [-0.25, -0.2) is 4.98 Å². The third-order valence-corrected chi connectivity index (χ3v) is 7.66. The molecular formula is C26H21ClN2O2S. The van der Waals surface area contributed by atoms with E-state index in [1.165, 1.54) is 21.7 Å². The van der Waals surface area contributed by atoms with E-state index in [1.807, 2.05) is 24.4 Å². The number of fused-ring (bicyclic) bond motifs is 4. The number of thiophene rings is 1. The molecular weight excluding hydrogens is 440 g/mol. The maximum Gasteiger partial charge on any atom is 0.212 e. The van der Waals surface area contributed by atoms with Gasteiger partial charge in [0.05, 0.1) is 23.4 Å². The lowest BCUT2D eigenvalue weighted by atomic mass is 9.77. The maximum atomic E-state index is 6.24. The number of anilines is 1. The molecule has 32 heavy (non-hydrogen) atoms. The SMILES string of the molecule is COc1ccc(-c2ccc3c(c2)C2(CO3)CN(Cc3ccc(Cl)s3)c3ccccc32)cn1. The van der Waals surface area contributed by atoms with Crippen molar-refractivity contribution in [1.29, 1.82) is 0 Å². The molecule has 1 atom stereocenters. The molecule has 2 aromatic carbocycles. The van der Waals surface area contributed by atoms with Crippen molar-refractivity contribution in [3.63, 3.8) is 0 Å². The molecule has 2 aliphatic heterocycles. The minimum atomic E-state index is -0.192. The van der Waals surface area contributed by atoms with Gasteiger partial charge in [0, 0.05) is 40.5 Å². The highest BCUT2D eigenvalue weighted by atomic mass is 35.5. The van der Waals surface area contributed by atoms with Gasteiger partial charge in [-0.15, -0.1) is 11.3 Å². The van der Waals surface area contributed by atoms with E-state index in [1.54, 1.807) is 18.4 Å². The van der Waals surface area contributed by atoms with Gasteiger partial charge in [-0.05, 0) is 47.5 Å². The second-order valence-corrected chi connectivity index (χ2v) is 10.0. The van der Waals surface area contributed by atoms with Crippen LogP contribution in [0, 0.1) is 0 Å². The van der Waals surface area contributed by atoms with Crippen LogP contribution < -0.4 is 14.4 Å². The standard InChI is InChI=1S/C26H21ClN2O2S/c1-30-25-11-7-18(13-28-25)17-6-9-23-21(12-17)26(16-31-23)15-29(14-19-8-10-24(27)32-19)22-5-3-2-4-20(22)26/h2-13H,14-16H2,1H3. The van der Waals surface area contributed by atoms with E-state index in [9.17, 15) is 0 Å². The van der Waals surface area contributed by atoms with Crippen LogP contribution in [0.2, 0.25) is 4.34 Å². The molecule has 6 rings (SSSR count). The highest BCUT2D eigenvalue weighted by molar-refractivity contribution is 7.16. The highest BCUT2D eigenvalue weighted by Gasteiger charge is 2.49. The molecule has 4 heterocycles. The number of rotatable bonds is 4. The number of ether oxygens (including phenoxy) is 2. The molecule has 1 unspecified atom stereocenters. The van der Waals surface area contributed by atoms with Crippen LogP contribution in [0.4, 0.5) is 5.69 Å². The van der Waals surface area contributed by atoms with Gasteiger partial charge in [0.25, 0.3) is 0 Å². The zero-order chi connectivity index (χ0) is 21.7. The average molecular weight is 461 g/mol. The van der Waals surface area contributed by atoms with Crippen LogP contribution in [0.1, 0.15) is 16.0 Å². The van der Waals surface area contributed by atoms with Crippen LogP contribution in [-0.2, 0) is 12.0 Å². The molecule has 2 aliphatic rings. The Morgan fingerprint density at radius 2 is 1.94 bits per heavy atom. The summed E-state index contributed by atoms with van der Waals surface area (Å²) in [6.07, 6.45) is 1.86. The van der Waals surface area contributed by atoms with E-state index in [0.29, 0.717) is 12.5 Å². The molecule has 0 aliphatic carbocycles. The molecule has 6 heteroatoms. The number of para-hydroxylation sites is 1. The van der Waals surface area contributed by atoms with E-state index in [4.69, 9.17) is 21.1 Å². The lowest BCUT2D eigenvalue weighted by molar-refractivity contribution is 0.299. The quantitative estimate of drug-likeness (QED) is 0.364. The summed E-state index contributed by atoms with van der Waals surface area (Å²) >= 11 is 7.84. The van der Waals surface area contributed by atoms with Crippen LogP contribution in [-0.4, -0.2) is 25.2 Å². The fourth-order valence-electron chi connectivity index (χ4n) is 4.93. The molecule has 4 nitrogen and oxygen atoms in total. The van der Waals surface area contributed by atoms with Crippen LogP contribution in [0.5, 0.6) is 11.6 Å². The Labute approximate surface area is 196 Å². The number of methoxy groups -OCH3 is 1. The smallest absolute Gasteiger partial charge is 0.212 e. The summed E-state index contributed by atoms with van der Waals surface area (Å²) in [5, 5.41) is 0. The van der Waals surface area contributed by atoms with E-state index in [0.717, 1.165) is 34.3 Å². The van der Waals surface area contributed by atoms with Gasteiger partial charge in [0.2, 0.25) is 5.88 Å². The first-order valence-corrected chi connectivity index (χ1v) is 11.7. The first kappa shape index (κ1) is 19.6. The lowest BCUT2D eigenvalue weighted by Gasteiger charge is -2.25. The second kappa shape index (κ2) is 7.54. The van der Waals surface area contributed by atoms with E-state index in [2.05, 4.69) is 58.4 Å². The molecule has 1 spiro atoms. The van der Waals surface area contributed by atoms with Crippen molar-refractivity contribution < 1.29 is 9.47 Å². The predicted octanol–water partition coefficient (Wildman–Crippen LogP) is 6.17. The van der Waals surface area contributed by atoms with Gasteiger partial charge in [-0.2, -0.15) is 0 Å². The van der Waals surface area contributed by atoms with Crippen molar-refractivity contribution in [3.8, 4) is 22.8 Å². The predicted molar refractivity (Wildman–Crippen MR) is 129 cm³/mol. The topological polar surface area (TPSA) is 34.6 Å². The number of halogens is 1. The van der Waals surface area contributed by atoms with Crippen molar-refractivity contribution in [2.45, 2.75) is 12.0 Å². The van der Waals surface area contributed by atoms with Gasteiger partial charge in [0.1, 0.15) is 12.4 Å². The van der Waals surface area contributed by atoms with E-state index >= 15 is 0 Å². The summed E-state index contributed by atoms with van der Waals surface area (Å²) in [5.41, 5.74) is 5.83. The third-order valence-electron chi connectivity index (χ3n) is 6.44. The van der Waals surface area contributed by atoms with Crippen LogP contribution in [0.15, 0.2) is 72.9 Å². The van der Waals surface area contributed by atoms with Gasteiger partial charge < -0.3 is 14.4 Å². The zero-order valence-electron chi connectivity index (χ0n) is 17.5. The summed E-state index contributed by atoms with van der Waals surface area (Å²) in [6, 6.07) is 23.2. The molecule has 0 N–H and O–H groups in total. The third kappa shape index (κ3) is 3.07. The summed E-state index contributed by atoms with van der Waals surface area (Å²) in [4.78, 5) is 8.10. The molecule has 0 saturated carbocycles. The normalized spacial score (nSPS) is 18.5. The Kier molecular flexibility index (Phi) is 4.63. The monoisotopic (exact) mass is 460 g/mol. The Morgan fingerprint density at radius 3 is 2.72 bits per heavy atom. The first-order chi connectivity index (χ1) is 15.7. The molecule has 160 valence electrons. The van der Waals surface area contributed by atoms with Crippen LogP contribution >= 0.6 is 22.9 Å². The van der Waals surface area contributed by atoms with E-state index in [-0.39, 0.29) is 5.41 Å². The van der Waals surface area contributed by atoms with Crippen molar-refractivity contribution in [2.75, 3.05) is 25.2 Å². The molecule has 0 bridgehead atoms. The van der Waals surface area contributed by atoms with Gasteiger partial charge in [0.15, 0.2) is 0 Å². The fourth-order valence-corrected chi connectivity index (χ4v) is 6.03. The van der Waals surface area contributed by atoms with Crippen molar-refractivity contribution in [3.05, 3.63) is 93.3 Å². The fraction of sp³-hybridized carbons (Fsp3) is 0.192. The van der Waals surface area contributed by atoms with Gasteiger partial charge >= 0.3 is 0 Å². The van der Waals surface area contributed by atoms with Gasteiger partial charge in [-0.1, -0.05) is 35.9 Å². The van der Waals surface area contributed by atoms with Crippen molar-refractivity contribution >= 4 is 28.6 Å². The average Bonchev–Trinajstić information content (AvgIpc) is 3.51. The number of aromatic nitrogens is 1. The number of benzene rings is 2. The van der Waals surface area contributed by atoms with Crippen LogP contribution in [0.25, 0.3) is 11.1 Å².